The van der Waals surface area contributed by atoms with E-state index in [-0.39, 0.29) is 0 Å². The van der Waals surface area contributed by atoms with Crippen LogP contribution in [0.1, 0.15) is 18.5 Å². The summed E-state index contributed by atoms with van der Waals surface area (Å²) in [7, 11) is 1.93. The van der Waals surface area contributed by atoms with Crippen molar-refractivity contribution in [3.63, 3.8) is 0 Å². The fourth-order valence-electron chi connectivity index (χ4n) is 3.21. The highest BCUT2D eigenvalue weighted by Gasteiger charge is 2.30. The maximum absolute atomic E-state index is 4.18. The predicted octanol–water partition coefficient (Wildman–Crippen LogP) is -0.222. The van der Waals surface area contributed by atoms with Gasteiger partial charge in [-0.25, -0.2) is 0 Å². The van der Waals surface area contributed by atoms with Crippen molar-refractivity contribution < 1.29 is 0 Å². The van der Waals surface area contributed by atoms with Crippen LogP contribution in [0.5, 0.6) is 0 Å². The second kappa shape index (κ2) is 5.98. The van der Waals surface area contributed by atoms with Crippen molar-refractivity contribution in [3.8, 4) is 0 Å². The van der Waals surface area contributed by atoms with Gasteiger partial charge in [-0.2, -0.15) is 0 Å². The molecular weight excluding hydrogens is 240 g/mol. The molecule has 2 fully saturated rings. The van der Waals surface area contributed by atoms with E-state index < -0.39 is 0 Å². The third-order valence-corrected chi connectivity index (χ3v) is 4.26. The molecule has 0 aliphatic carbocycles. The molecule has 6 heteroatoms. The molecule has 0 spiro atoms. The van der Waals surface area contributed by atoms with Gasteiger partial charge < -0.3 is 5.32 Å². The van der Waals surface area contributed by atoms with Crippen LogP contribution in [0.4, 0.5) is 0 Å². The quantitative estimate of drug-likeness (QED) is 0.797. The zero-order chi connectivity index (χ0) is 13.1. The first kappa shape index (κ1) is 13.0. The van der Waals surface area contributed by atoms with E-state index in [9.17, 15) is 0 Å². The molecule has 0 radical (unpaired) electrons. The average molecular weight is 264 g/mol. The molecule has 1 aromatic heterocycles. The number of piperazine rings is 1. The fourth-order valence-corrected chi connectivity index (χ4v) is 3.21. The Kier molecular flexibility index (Phi) is 4.10. The van der Waals surface area contributed by atoms with E-state index in [4.69, 9.17) is 0 Å². The second-order valence-corrected chi connectivity index (χ2v) is 5.64. The lowest BCUT2D eigenvalue weighted by atomic mass is 10.1. The van der Waals surface area contributed by atoms with Gasteiger partial charge in [-0.1, -0.05) is 5.21 Å². The first-order chi connectivity index (χ1) is 9.35. The maximum Gasteiger partial charge on any atom is 0.0964 e. The molecule has 1 aromatic rings. The Morgan fingerprint density at radius 1 is 1.32 bits per heavy atom. The van der Waals surface area contributed by atoms with Crippen LogP contribution in [-0.2, 0) is 13.1 Å². The molecule has 2 saturated heterocycles. The van der Waals surface area contributed by atoms with Gasteiger partial charge in [0.15, 0.2) is 0 Å². The first-order valence-corrected chi connectivity index (χ1v) is 7.35. The molecule has 19 heavy (non-hydrogen) atoms. The predicted molar refractivity (Wildman–Crippen MR) is 73.8 cm³/mol. The largest absolute Gasteiger partial charge is 0.314 e. The van der Waals surface area contributed by atoms with Gasteiger partial charge in [0, 0.05) is 45.0 Å². The molecule has 1 atom stereocenters. The van der Waals surface area contributed by atoms with Crippen molar-refractivity contribution in [1.29, 1.82) is 0 Å². The van der Waals surface area contributed by atoms with Gasteiger partial charge in [-0.15, -0.1) is 5.10 Å². The smallest absolute Gasteiger partial charge is 0.0964 e. The number of rotatable bonds is 5. The number of fused-ring (bicyclic) bond motifs is 1. The second-order valence-electron chi connectivity index (χ2n) is 5.64. The van der Waals surface area contributed by atoms with Crippen LogP contribution in [0.3, 0.4) is 0 Å². The summed E-state index contributed by atoms with van der Waals surface area (Å²) >= 11 is 0. The number of nitrogens with zero attached hydrogens (tertiary/aromatic N) is 5. The molecule has 1 unspecified atom stereocenters. The Labute approximate surface area is 114 Å². The molecule has 3 rings (SSSR count). The van der Waals surface area contributed by atoms with Crippen LogP contribution in [0.15, 0.2) is 6.20 Å². The minimum atomic E-state index is 0.792. The highest BCUT2D eigenvalue weighted by molar-refractivity contribution is 4.91. The SMILES string of the molecule is CNCc1cn(CCN2CCN3CCCC3C2)nn1. The Hall–Kier alpha value is -0.980. The zero-order valence-corrected chi connectivity index (χ0v) is 11.8. The summed E-state index contributed by atoms with van der Waals surface area (Å²) in [5.41, 5.74) is 1.02. The van der Waals surface area contributed by atoms with Gasteiger partial charge in [0.05, 0.1) is 12.2 Å². The summed E-state index contributed by atoms with van der Waals surface area (Å²) in [6.07, 6.45) is 4.81. The highest BCUT2D eigenvalue weighted by Crippen LogP contribution is 2.21. The molecule has 2 aliphatic rings. The van der Waals surface area contributed by atoms with Gasteiger partial charge >= 0.3 is 0 Å². The molecule has 106 valence electrons. The highest BCUT2D eigenvalue weighted by atomic mass is 15.4. The fraction of sp³-hybridized carbons (Fsp3) is 0.846. The van der Waals surface area contributed by atoms with Crippen LogP contribution in [-0.4, -0.2) is 70.6 Å². The van der Waals surface area contributed by atoms with Gasteiger partial charge in [0.2, 0.25) is 0 Å². The van der Waals surface area contributed by atoms with Crippen molar-refractivity contribution in [1.82, 2.24) is 30.1 Å². The Morgan fingerprint density at radius 3 is 3.16 bits per heavy atom. The molecule has 0 amide bonds. The summed E-state index contributed by atoms with van der Waals surface area (Å²) in [5.74, 6) is 0. The standard InChI is InChI=1S/C13H24N6/c1-14-9-12-10-19(16-15-12)8-6-17-5-7-18-4-2-3-13(18)11-17/h10,13-14H,2-9,11H2,1H3. The summed E-state index contributed by atoms with van der Waals surface area (Å²) in [6.45, 7) is 7.82. The lowest BCUT2D eigenvalue weighted by Gasteiger charge is -2.37. The van der Waals surface area contributed by atoms with E-state index in [1.165, 1.54) is 39.0 Å². The third kappa shape index (κ3) is 3.13. The molecule has 2 aliphatic heterocycles. The molecule has 1 N–H and O–H groups in total. The topological polar surface area (TPSA) is 49.2 Å². The summed E-state index contributed by atoms with van der Waals surface area (Å²) < 4.78 is 1.97. The van der Waals surface area contributed by atoms with Crippen LogP contribution >= 0.6 is 0 Å². The Bertz CT molecular complexity index is 404. The number of hydrogen-bond donors (Lipinski definition) is 1. The molecule has 6 nitrogen and oxygen atoms in total. The Morgan fingerprint density at radius 2 is 2.26 bits per heavy atom. The minimum absolute atomic E-state index is 0.792. The van der Waals surface area contributed by atoms with Crippen LogP contribution < -0.4 is 5.32 Å². The van der Waals surface area contributed by atoms with Crippen LogP contribution in [0, 0.1) is 0 Å². The average Bonchev–Trinajstić information content (AvgIpc) is 3.04. The molecule has 0 bridgehead atoms. The van der Waals surface area contributed by atoms with Crippen molar-refractivity contribution in [2.45, 2.75) is 32.0 Å². The molecule has 3 heterocycles. The van der Waals surface area contributed by atoms with E-state index in [0.717, 1.165) is 31.4 Å². The molecule has 0 aromatic carbocycles. The van der Waals surface area contributed by atoms with E-state index in [1.54, 1.807) is 0 Å². The summed E-state index contributed by atoms with van der Waals surface area (Å²) in [6, 6.07) is 0.810. The summed E-state index contributed by atoms with van der Waals surface area (Å²) in [4.78, 5) is 5.23. The van der Waals surface area contributed by atoms with Crippen LogP contribution in [0.25, 0.3) is 0 Å². The van der Waals surface area contributed by atoms with Crippen molar-refractivity contribution in [2.75, 3.05) is 39.8 Å². The van der Waals surface area contributed by atoms with E-state index >= 15 is 0 Å². The number of nitrogens with one attached hydrogen (secondary N) is 1. The van der Waals surface area contributed by atoms with E-state index in [0.29, 0.717) is 0 Å². The Balaban J connectivity index is 1.46. The van der Waals surface area contributed by atoms with Gasteiger partial charge in [-0.3, -0.25) is 14.5 Å². The third-order valence-electron chi connectivity index (χ3n) is 4.26. The number of aromatic nitrogens is 3. The van der Waals surface area contributed by atoms with Gasteiger partial charge in [0.1, 0.15) is 0 Å². The lowest BCUT2D eigenvalue weighted by Crippen LogP contribution is -2.50. The number of hydrogen-bond acceptors (Lipinski definition) is 5. The summed E-state index contributed by atoms with van der Waals surface area (Å²) in [5, 5.41) is 11.4. The van der Waals surface area contributed by atoms with Crippen molar-refractivity contribution in [3.05, 3.63) is 11.9 Å². The normalized spacial score (nSPS) is 24.8. The first-order valence-electron chi connectivity index (χ1n) is 7.35. The van der Waals surface area contributed by atoms with Crippen molar-refractivity contribution in [2.24, 2.45) is 0 Å². The molecular formula is C13H24N6. The van der Waals surface area contributed by atoms with E-state index in [2.05, 4.69) is 25.4 Å². The van der Waals surface area contributed by atoms with Gasteiger partial charge in [-0.05, 0) is 26.4 Å². The monoisotopic (exact) mass is 264 g/mol. The maximum atomic E-state index is 4.18. The van der Waals surface area contributed by atoms with E-state index in [1.807, 2.05) is 17.9 Å². The van der Waals surface area contributed by atoms with Crippen LogP contribution in [0.2, 0.25) is 0 Å². The minimum Gasteiger partial charge on any atom is -0.314 e. The lowest BCUT2D eigenvalue weighted by molar-refractivity contribution is 0.101. The zero-order valence-electron chi connectivity index (χ0n) is 11.8. The van der Waals surface area contributed by atoms with Crippen molar-refractivity contribution >= 4 is 0 Å². The van der Waals surface area contributed by atoms with Gasteiger partial charge in [0.25, 0.3) is 0 Å². The molecule has 0 saturated carbocycles.